The van der Waals surface area contributed by atoms with Gasteiger partial charge in [-0.3, -0.25) is 4.99 Å². The van der Waals surface area contributed by atoms with Gasteiger partial charge in [0.2, 0.25) is 0 Å². The Bertz CT molecular complexity index is 1020. The average molecular weight is 535 g/mol. The predicted molar refractivity (Wildman–Crippen MR) is 135 cm³/mol. The summed E-state index contributed by atoms with van der Waals surface area (Å²) in [5, 5.41) is 6.72. The van der Waals surface area contributed by atoms with Crippen LogP contribution in [0.25, 0.3) is 11.0 Å². The summed E-state index contributed by atoms with van der Waals surface area (Å²) in [6.07, 6.45) is 1.92. The standard InChI is InChI=1S/C23H29N5O2.HI/c1-4-29-20-12-16-11-15(2)30-21(16)13-17(20)14-26-23(24-3)25-10-9-22-27-18-7-5-6-8-19(18)28-22;/h5-8,12-13,15H,4,9-11,14H2,1-3H3,(H,27,28)(H2,24,25,26);1H. The highest BCUT2D eigenvalue weighted by Crippen LogP contribution is 2.35. The SMILES string of the molecule is CCOc1cc2c(cc1CNC(=NC)NCCc1nc3ccccc3[nH]1)OC(C)C2.I. The summed E-state index contributed by atoms with van der Waals surface area (Å²) in [6, 6.07) is 12.3. The molecule has 3 N–H and O–H groups in total. The highest BCUT2D eigenvalue weighted by Gasteiger charge is 2.21. The first-order valence-corrected chi connectivity index (χ1v) is 10.5. The highest BCUT2D eigenvalue weighted by molar-refractivity contribution is 14.0. The van der Waals surface area contributed by atoms with Crippen LogP contribution in [0.2, 0.25) is 0 Å². The molecule has 31 heavy (non-hydrogen) atoms. The maximum absolute atomic E-state index is 5.91. The lowest BCUT2D eigenvalue weighted by atomic mass is 10.1. The zero-order valence-electron chi connectivity index (χ0n) is 18.2. The van der Waals surface area contributed by atoms with Gasteiger partial charge in [0.15, 0.2) is 5.96 Å². The van der Waals surface area contributed by atoms with Gasteiger partial charge in [-0.05, 0) is 38.1 Å². The Hall–Kier alpha value is -2.49. The number of aliphatic imine (C=N–C) groups is 1. The lowest BCUT2D eigenvalue weighted by Gasteiger charge is -2.15. The van der Waals surface area contributed by atoms with E-state index in [9.17, 15) is 0 Å². The molecule has 1 atom stereocenters. The molecule has 2 heterocycles. The monoisotopic (exact) mass is 535 g/mol. The van der Waals surface area contributed by atoms with Gasteiger partial charge in [-0.2, -0.15) is 0 Å². The number of H-pyrrole nitrogens is 1. The summed E-state index contributed by atoms with van der Waals surface area (Å²) in [5.74, 6) is 3.56. The Kier molecular flexibility index (Phi) is 8.00. The molecule has 7 nitrogen and oxygen atoms in total. The second kappa shape index (κ2) is 10.7. The molecule has 0 saturated heterocycles. The van der Waals surface area contributed by atoms with Crippen LogP contribution in [0.15, 0.2) is 41.4 Å². The quantitative estimate of drug-likeness (QED) is 0.244. The molecule has 3 aromatic rings. The fourth-order valence-electron chi connectivity index (χ4n) is 3.73. The fraction of sp³-hybridized carbons (Fsp3) is 0.391. The van der Waals surface area contributed by atoms with Crippen molar-refractivity contribution >= 4 is 41.0 Å². The fourth-order valence-corrected chi connectivity index (χ4v) is 3.73. The zero-order valence-corrected chi connectivity index (χ0v) is 20.5. The molecule has 0 bridgehead atoms. The number of hydrogen-bond donors (Lipinski definition) is 3. The Balaban J connectivity index is 0.00000272. The minimum atomic E-state index is 0. The summed E-state index contributed by atoms with van der Waals surface area (Å²) in [5.41, 5.74) is 4.33. The minimum Gasteiger partial charge on any atom is -0.494 e. The van der Waals surface area contributed by atoms with Crippen LogP contribution in [0.1, 0.15) is 30.8 Å². The smallest absolute Gasteiger partial charge is 0.191 e. The molecule has 8 heteroatoms. The first-order chi connectivity index (χ1) is 14.7. The van der Waals surface area contributed by atoms with Gasteiger partial charge in [0.25, 0.3) is 0 Å². The third-order valence-corrected chi connectivity index (χ3v) is 5.14. The van der Waals surface area contributed by atoms with E-state index in [0.717, 1.165) is 59.3 Å². The number of ether oxygens (including phenoxy) is 2. The molecule has 0 amide bonds. The Morgan fingerprint density at radius 3 is 2.90 bits per heavy atom. The van der Waals surface area contributed by atoms with Crippen LogP contribution in [-0.4, -0.2) is 42.2 Å². The van der Waals surface area contributed by atoms with Crippen molar-refractivity contribution in [3.63, 3.8) is 0 Å². The minimum absolute atomic E-state index is 0. The number of halogens is 1. The molecular formula is C23H30IN5O2. The summed E-state index contributed by atoms with van der Waals surface area (Å²) < 4.78 is 11.8. The number of nitrogens with one attached hydrogen (secondary N) is 3. The van der Waals surface area contributed by atoms with E-state index in [2.05, 4.69) is 44.7 Å². The highest BCUT2D eigenvalue weighted by atomic mass is 127. The van der Waals surface area contributed by atoms with Gasteiger partial charge in [-0.15, -0.1) is 24.0 Å². The molecule has 1 aromatic heterocycles. The molecule has 1 unspecified atom stereocenters. The lowest BCUT2D eigenvalue weighted by Crippen LogP contribution is -2.38. The average Bonchev–Trinajstić information content (AvgIpc) is 3.32. The maximum atomic E-state index is 5.91. The van der Waals surface area contributed by atoms with Crippen LogP contribution in [0.4, 0.5) is 0 Å². The molecule has 1 aliphatic heterocycles. The molecule has 166 valence electrons. The molecule has 0 radical (unpaired) electrons. The van der Waals surface area contributed by atoms with Crippen molar-refractivity contribution in [3.8, 4) is 11.5 Å². The van der Waals surface area contributed by atoms with E-state index in [-0.39, 0.29) is 30.1 Å². The second-order valence-electron chi connectivity index (χ2n) is 7.44. The van der Waals surface area contributed by atoms with Crippen molar-refractivity contribution in [1.82, 2.24) is 20.6 Å². The number of guanidine groups is 1. The van der Waals surface area contributed by atoms with Crippen molar-refractivity contribution in [2.75, 3.05) is 20.2 Å². The van der Waals surface area contributed by atoms with E-state index in [4.69, 9.17) is 9.47 Å². The summed E-state index contributed by atoms with van der Waals surface area (Å²) >= 11 is 0. The van der Waals surface area contributed by atoms with Crippen molar-refractivity contribution in [1.29, 1.82) is 0 Å². The number of rotatable bonds is 7. The summed E-state index contributed by atoms with van der Waals surface area (Å²) in [7, 11) is 1.77. The molecule has 0 saturated carbocycles. The number of aromatic nitrogens is 2. The predicted octanol–water partition coefficient (Wildman–Crippen LogP) is 3.81. The van der Waals surface area contributed by atoms with Crippen LogP contribution >= 0.6 is 24.0 Å². The summed E-state index contributed by atoms with van der Waals surface area (Å²) in [4.78, 5) is 12.3. The van der Waals surface area contributed by atoms with Gasteiger partial charge in [-0.1, -0.05) is 12.1 Å². The Morgan fingerprint density at radius 2 is 2.13 bits per heavy atom. The largest absolute Gasteiger partial charge is 0.494 e. The van der Waals surface area contributed by atoms with Crippen LogP contribution in [-0.2, 0) is 19.4 Å². The van der Waals surface area contributed by atoms with Gasteiger partial charge in [0, 0.05) is 44.1 Å². The molecule has 0 fully saturated rings. The van der Waals surface area contributed by atoms with Crippen molar-refractivity contribution < 1.29 is 9.47 Å². The summed E-state index contributed by atoms with van der Waals surface area (Å²) in [6.45, 7) is 6.05. The number of fused-ring (bicyclic) bond motifs is 2. The number of imidazole rings is 1. The van der Waals surface area contributed by atoms with Crippen LogP contribution in [0.5, 0.6) is 11.5 Å². The van der Waals surface area contributed by atoms with Gasteiger partial charge >= 0.3 is 0 Å². The number of aromatic amines is 1. The molecule has 1 aliphatic rings. The molecule has 4 rings (SSSR count). The van der Waals surface area contributed by atoms with Gasteiger partial charge in [0.1, 0.15) is 23.4 Å². The van der Waals surface area contributed by atoms with Gasteiger partial charge in [-0.25, -0.2) is 4.98 Å². The normalized spacial score (nSPS) is 15.2. The molecule has 0 spiro atoms. The van der Waals surface area contributed by atoms with Crippen LogP contribution < -0.4 is 20.1 Å². The van der Waals surface area contributed by atoms with Gasteiger partial charge in [0.05, 0.1) is 17.6 Å². The third-order valence-electron chi connectivity index (χ3n) is 5.14. The maximum Gasteiger partial charge on any atom is 0.191 e. The van der Waals surface area contributed by atoms with Crippen molar-refractivity contribution in [2.45, 2.75) is 39.3 Å². The van der Waals surface area contributed by atoms with E-state index in [1.807, 2.05) is 31.2 Å². The zero-order chi connectivity index (χ0) is 20.9. The molecule has 2 aromatic carbocycles. The van der Waals surface area contributed by atoms with E-state index < -0.39 is 0 Å². The number of hydrogen-bond acceptors (Lipinski definition) is 4. The van der Waals surface area contributed by atoms with Gasteiger partial charge < -0.3 is 25.1 Å². The number of benzene rings is 2. The lowest BCUT2D eigenvalue weighted by molar-refractivity contribution is 0.254. The van der Waals surface area contributed by atoms with Crippen LogP contribution in [0.3, 0.4) is 0 Å². The van der Waals surface area contributed by atoms with Crippen molar-refractivity contribution in [2.24, 2.45) is 4.99 Å². The Labute approximate surface area is 200 Å². The Morgan fingerprint density at radius 1 is 1.29 bits per heavy atom. The second-order valence-corrected chi connectivity index (χ2v) is 7.44. The van der Waals surface area contributed by atoms with E-state index in [1.165, 1.54) is 5.56 Å². The van der Waals surface area contributed by atoms with E-state index in [0.29, 0.717) is 13.2 Å². The van der Waals surface area contributed by atoms with E-state index in [1.54, 1.807) is 7.05 Å². The first-order valence-electron chi connectivity index (χ1n) is 10.5. The van der Waals surface area contributed by atoms with Crippen LogP contribution in [0, 0.1) is 0 Å². The van der Waals surface area contributed by atoms with Crippen molar-refractivity contribution in [3.05, 3.63) is 53.3 Å². The molecule has 0 aliphatic carbocycles. The molecular weight excluding hydrogens is 505 g/mol. The third kappa shape index (κ3) is 5.61. The topological polar surface area (TPSA) is 83.6 Å². The number of nitrogens with zero attached hydrogens (tertiary/aromatic N) is 2. The number of para-hydroxylation sites is 2. The first kappa shape index (κ1) is 23.2. The van der Waals surface area contributed by atoms with E-state index >= 15 is 0 Å².